The molecule has 5 nitrogen and oxygen atoms in total. The van der Waals surface area contributed by atoms with E-state index < -0.39 is 0 Å². The van der Waals surface area contributed by atoms with Crippen LogP contribution in [0.15, 0.2) is 6.33 Å². The van der Waals surface area contributed by atoms with E-state index in [2.05, 4.69) is 21.9 Å². The summed E-state index contributed by atoms with van der Waals surface area (Å²) in [6.07, 6.45) is 5.37. The fourth-order valence-electron chi connectivity index (χ4n) is 2.45. The molecule has 2 unspecified atom stereocenters. The van der Waals surface area contributed by atoms with E-state index in [4.69, 9.17) is 5.73 Å². The van der Waals surface area contributed by atoms with Gasteiger partial charge >= 0.3 is 0 Å². The summed E-state index contributed by atoms with van der Waals surface area (Å²) in [4.78, 5) is 6.72. The average Bonchev–Trinajstić information content (AvgIpc) is 2.65. The highest BCUT2D eigenvalue weighted by Crippen LogP contribution is 2.20. The van der Waals surface area contributed by atoms with Crippen molar-refractivity contribution in [2.45, 2.75) is 44.8 Å². The molecule has 1 aromatic heterocycles. The van der Waals surface area contributed by atoms with Gasteiger partial charge in [0.1, 0.15) is 12.2 Å². The molecule has 2 atom stereocenters. The predicted octanol–water partition coefficient (Wildman–Crippen LogP) is 1.36. The highest BCUT2D eigenvalue weighted by atomic mass is 35.5. The molecule has 2 heterocycles. The highest BCUT2D eigenvalue weighted by molar-refractivity contribution is 5.85. The van der Waals surface area contributed by atoms with Gasteiger partial charge < -0.3 is 5.73 Å². The third kappa shape index (κ3) is 4.09. The number of likely N-dealkylation sites (tertiary alicyclic amines) is 1. The van der Waals surface area contributed by atoms with E-state index in [1.807, 2.05) is 11.7 Å². The molecule has 106 valence electrons. The largest absolute Gasteiger partial charge is 0.327 e. The van der Waals surface area contributed by atoms with Crippen LogP contribution in [-0.4, -0.2) is 38.3 Å². The van der Waals surface area contributed by atoms with Gasteiger partial charge in [-0.05, 0) is 26.3 Å². The van der Waals surface area contributed by atoms with Gasteiger partial charge in [0.15, 0.2) is 0 Å². The van der Waals surface area contributed by atoms with Crippen LogP contribution in [0.3, 0.4) is 0 Å². The van der Waals surface area contributed by atoms with Crippen molar-refractivity contribution in [3.63, 3.8) is 0 Å². The Bertz CT molecular complexity index is 342. The van der Waals surface area contributed by atoms with E-state index in [1.54, 1.807) is 6.33 Å². The predicted molar refractivity (Wildman–Crippen MR) is 77.2 cm³/mol. The van der Waals surface area contributed by atoms with Crippen molar-refractivity contribution in [2.75, 3.05) is 6.54 Å². The molecular formula is C11H23Cl2N5. The summed E-state index contributed by atoms with van der Waals surface area (Å²) in [6.45, 7) is 4.08. The van der Waals surface area contributed by atoms with Crippen molar-refractivity contribution < 1.29 is 0 Å². The normalized spacial score (nSPS) is 21.8. The van der Waals surface area contributed by atoms with Crippen LogP contribution < -0.4 is 5.73 Å². The Morgan fingerprint density at radius 3 is 2.72 bits per heavy atom. The summed E-state index contributed by atoms with van der Waals surface area (Å²) in [5.74, 6) is 1.02. The lowest BCUT2D eigenvalue weighted by Crippen LogP contribution is -2.48. The third-order valence-electron chi connectivity index (χ3n) is 3.42. The second kappa shape index (κ2) is 7.94. The van der Waals surface area contributed by atoms with Gasteiger partial charge in [-0.1, -0.05) is 6.42 Å². The second-order valence-corrected chi connectivity index (χ2v) is 4.69. The monoisotopic (exact) mass is 295 g/mol. The van der Waals surface area contributed by atoms with Gasteiger partial charge in [-0.15, -0.1) is 24.8 Å². The van der Waals surface area contributed by atoms with Gasteiger partial charge in [0.05, 0.1) is 6.54 Å². The van der Waals surface area contributed by atoms with Gasteiger partial charge in [0, 0.05) is 19.1 Å². The minimum absolute atomic E-state index is 0. The number of aromatic nitrogens is 3. The number of nitrogens with two attached hydrogens (primary N) is 1. The summed E-state index contributed by atoms with van der Waals surface area (Å²) in [7, 11) is 1.94. The lowest BCUT2D eigenvalue weighted by molar-refractivity contribution is 0.118. The SMILES string of the molecule is CC(N)C1CCCCN1Cc1ncnn1C.Cl.Cl. The topological polar surface area (TPSA) is 60.0 Å². The average molecular weight is 296 g/mol. The Morgan fingerprint density at radius 2 is 2.17 bits per heavy atom. The zero-order valence-corrected chi connectivity index (χ0v) is 12.6. The van der Waals surface area contributed by atoms with Crippen molar-refractivity contribution in [1.29, 1.82) is 0 Å². The maximum Gasteiger partial charge on any atom is 0.140 e. The van der Waals surface area contributed by atoms with Gasteiger partial charge in [0.2, 0.25) is 0 Å². The number of halogens is 2. The minimum Gasteiger partial charge on any atom is -0.327 e. The fraction of sp³-hybridized carbons (Fsp3) is 0.818. The minimum atomic E-state index is 0. The summed E-state index contributed by atoms with van der Waals surface area (Å²) < 4.78 is 1.84. The van der Waals surface area contributed by atoms with Gasteiger partial charge in [0.25, 0.3) is 0 Å². The molecule has 2 rings (SSSR count). The van der Waals surface area contributed by atoms with Crippen LogP contribution in [0.1, 0.15) is 32.0 Å². The molecule has 1 aliphatic heterocycles. The maximum absolute atomic E-state index is 6.04. The first-order chi connectivity index (χ1) is 7.68. The number of piperidine rings is 1. The molecule has 1 fully saturated rings. The van der Waals surface area contributed by atoms with Crippen LogP contribution >= 0.6 is 24.8 Å². The van der Waals surface area contributed by atoms with E-state index in [0.29, 0.717) is 6.04 Å². The number of hydrogen-bond donors (Lipinski definition) is 1. The van der Waals surface area contributed by atoms with E-state index in [-0.39, 0.29) is 30.9 Å². The molecule has 0 saturated carbocycles. The van der Waals surface area contributed by atoms with E-state index >= 15 is 0 Å². The molecule has 0 aromatic carbocycles. The molecule has 0 amide bonds. The summed E-state index contributed by atoms with van der Waals surface area (Å²) in [5, 5.41) is 4.10. The molecule has 0 aliphatic carbocycles. The van der Waals surface area contributed by atoms with Gasteiger partial charge in [-0.2, -0.15) is 5.10 Å². The van der Waals surface area contributed by atoms with Crippen molar-refractivity contribution in [3.05, 3.63) is 12.2 Å². The zero-order chi connectivity index (χ0) is 11.5. The van der Waals surface area contributed by atoms with E-state index in [0.717, 1.165) is 18.9 Å². The smallest absolute Gasteiger partial charge is 0.140 e. The lowest BCUT2D eigenvalue weighted by Gasteiger charge is -2.37. The van der Waals surface area contributed by atoms with Crippen LogP contribution in [0.4, 0.5) is 0 Å². The molecule has 1 saturated heterocycles. The second-order valence-electron chi connectivity index (χ2n) is 4.69. The quantitative estimate of drug-likeness (QED) is 0.915. The van der Waals surface area contributed by atoms with Crippen LogP contribution in [0.25, 0.3) is 0 Å². The molecule has 7 heteroatoms. The Balaban J connectivity index is 0.00000144. The van der Waals surface area contributed by atoms with Crippen molar-refractivity contribution in [1.82, 2.24) is 19.7 Å². The summed E-state index contributed by atoms with van der Waals surface area (Å²) >= 11 is 0. The highest BCUT2D eigenvalue weighted by Gasteiger charge is 2.26. The van der Waals surface area contributed by atoms with Crippen molar-refractivity contribution >= 4 is 24.8 Å². The Morgan fingerprint density at radius 1 is 1.44 bits per heavy atom. The van der Waals surface area contributed by atoms with E-state index in [9.17, 15) is 0 Å². The first-order valence-electron chi connectivity index (χ1n) is 6.01. The maximum atomic E-state index is 6.04. The van der Waals surface area contributed by atoms with Crippen molar-refractivity contribution in [2.24, 2.45) is 12.8 Å². The Kier molecular flexibility index (Phi) is 7.78. The van der Waals surface area contributed by atoms with Crippen LogP contribution in [0.5, 0.6) is 0 Å². The van der Waals surface area contributed by atoms with Crippen molar-refractivity contribution in [3.8, 4) is 0 Å². The number of rotatable bonds is 3. The number of aryl methyl sites for hydroxylation is 1. The van der Waals surface area contributed by atoms with Gasteiger partial charge in [-0.3, -0.25) is 9.58 Å². The molecule has 1 aromatic rings. The first-order valence-corrected chi connectivity index (χ1v) is 6.01. The fourth-order valence-corrected chi connectivity index (χ4v) is 2.45. The van der Waals surface area contributed by atoms with E-state index in [1.165, 1.54) is 19.3 Å². The molecule has 0 spiro atoms. The third-order valence-corrected chi connectivity index (χ3v) is 3.42. The molecule has 2 N–H and O–H groups in total. The molecule has 1 aliphatic rings. The van der Waals surface area contributed by atoms with Crippen LogP contribution in [-0.2, 0) is 13.6 Å². The standard InChI is InChI=1S/C11H21N5.2ClH/c1-9(12)10-5-3-4-6-16(10)7-11-13-8-14-15(11)2;;/h8-10H,3-7,12H2,1-2H3;2*1H. The summed E-state index contributed by atoms with van der Waals surface area (Å²) in [6, 6.07) is 0.721. The Labute approximate surface area is 121 Å². The first kappa shape index (κ1) is 17.6. The van der Waals surface area contributed by atoms with Crippen LogP contribution in [0, 0.1) is 0 Å². The number of nitrogens with zero attached hydrogens (tertiary/aromatic N) is 4. The lowest BCUT2D eigenvalue weighted by atomic mass is 9.97. The molecular weight excluding hydrogens is 273 g/mol. The molecule has 0 bridgehead atoms. The number of hydrogen-bond acceptors (Lipinski definition) is 4. The molecule has 0 radical (unpaired) electrons. The Hall–Kier alpha value is -0.360. The van der Waals surface area contributed by atoms with Crippen LogP contribution in [0.2, 0.25) is 0 Å². The molecule has 18 heavy (non-hydrogen) atoms. The zero-order valence-electron chi connectivity index (χ0n) is 11.0. The van der Waals surface area contributed by atoms with Gasteiger partial charge in [-0.25, -0.2) is 4.98 Å². The summed E-state index contributed by atoms with van der Waals surface area (Å²) in [5.41, 5.74) is 6.04.